The van der Waals surface area contributed by atoms with Crippen LogP contribution < -0.4 is 19.9 Å². The summed E-state index contributed by atoms with van der Waals surface area (Å²) in [4.78, 5) is 29.3. The number of aryl methyl sites for hydroxylation is 1. The summed E-state index contributed by atoms with van der Waals surface area (Å²) in [5.41, 5.74) is 3.31. The van der Waals surface area contributed by atoms with Crippen molar-refractivity contribution in [3.63, 3.8) is 0 Å². The van der Waals surface area contributed by atoms with Gasteiger partial charge in [-0.2, -0.15) is 4.31 Å². The number of nitrogens with zero attached hydrogens (tertiary/aromatic N) is 3. The van der Waals surface area contributed by atoms with Gasteiger partial charge in [0, 0.05) is 50.5 Å². The molecule has 3 aromatic rings. The molecule has 10 heteroatoms. The Kier molecular flexibility index (Phi) is 7.58. The monoisotopic (exact) mass is 548 g/mol. The molecule has 0 spiro atoms. The Morgan fingerprint density at radius 1 is 0.923 bits per heavy atom. The van der Waals surface area contributed by atoms with Gasteiger partial charge in [-0.05, 0) is 55.5 Å². The van der Waals surface area contributed by atoms with Crippen molar-refractivity contribution in [2.45, 2.75) is 18.2 Å². The van der Waals surface area contributed by atoms with Gasteiger partial charge >= 0.3 is 0 Å². The van der Waals surface area contributed by atoms with Gasteiger partial charge in [-0.25, -0.2) is 8.42 Å². The van der Waals surface area contributed by atoms with Crippen LogP contribution in [0.1, 0.15) is 12.0 Å². The highest BCUT2D eigenvalue weighted by Gasteiger charge is 2.35. The number of ether oxygens (including phenoxy) is 1. The molecular weight excluding hydrogens is 516 g/mol. The standard InChI is InChI=1S/C29H32N4O5S/c1-21-7-11-24(12-8-21)33-20-22(19-28(33)34)29(35)30-23-9-13-25(14-10-23)39(36,37)32-17-15-31(16-18-32)26-5-3-4-6-27(26)38-2/h3-14,22H,15-20H2,1-2H3,(H,30,35). The van der Waals surface area contributed by atoms with Crippen molar-refractivity contribution >= 4 is 38.9 Å². The fraction of sp³-hybridized carbons (Fsp3) is 0.310. The van der Waals surface area contributed by atoms with Crippen molar-refractivity contribution in [3.8, 4) is 5.75 Å². The molecule has 0 saturated carbocycles. The molecule has 9 nitrogen and oxygen atoms in total. The third-order valence-electron chi connectivity index (χ3n) is 7.27. The topological polar surface area (TPSA) is 99.3 Å². The zero-order chi connectivity index (χ0) is 27.6. The number of nitrogens with one attached hydrogen (secondary N) is 1. The highest BCUT2D eigenvalue weighted by atomic mass is 32.2. The van der Waals surface area contributed by atoms with Crippen LogP contribution in [0.15, 0.2) is 77.7 Å². The Balaban J connectivity index is 1.19. The molecule has 2 fully saturated rings. The van der Waals surface area contributed by atoms with Crippen LogP contribution in [0.3, 0.4) is 0 Å². The summed E-state index contributed by atoms with van der Waals surface area (Å²) in [6, 6.07) is 21.5. The summed E-state index contributed by atoms with van der Waals surface area (Å²) in [6.07, 6.45) is 0.132. The highest BCUT2D eigenvalue weighted by molar-refractivity contribution is 7.89. The van der Waals surface area contributed by atoms with Gasteiger partial charge in [-0.3, -0.25) is 9.59 Å². The Morgan fingerprint density at radius 2 is 1.59 bits per heavy atom. The van der Waals surface area contributed by atoms with E-state index in [4.69, 9.17) is 4.74 Å². The number of para-hydroxylation sites is 2. The Bertz CT molecular complexity index is 1450. The molecule has 2 saturated heterocycles. The number of amides is 2. The largest absolute Gasteiger partial charge is 0.495 e. The van der Waals surface area contributed by atoms with Gasteiger partial charge in [0.05, 0.1) is 23.6 Å². The summed E-state index contributed by atoms with van der Waals surface area (Å²) in [7, 11) is -2.06. The fourth-order valence-corrected chi connectivity index (χ4v) is 6.44. The molecular formula is C29H32N4O5S. The summed E-state index contributed by atoms with van der Waals surface area (Å²) >= 11 is 0. The van der Waals surface area contributed by atoms with Crippen molar-refractivity contribution in [3.05, 3.63) is 78.4 Å². The van der Waals surface area contributed by atoms with Gasteiger partial charge in [-0.1, -0.05) is 29.8 Å². The molecule has 2 amide bonds. The zero-order valence-corrected chi connectivity index (χ0v) is 22.9. The van der Waals surface area contributed by atoms with E-state index in [0.717, 1.165) is 22.7 Å². The molecule has 204 valence electrons. The van der Waals surface area contributed by atoms with Crippen molar-refractivity contribution < 1.29 is 22.7 Å². The van der Waals surface area contributed by atoms with Crippen molar-refractivity contribution in [2.24, 2.45) is 5.92 Å². The van der Waals surface area contributed by atoms with Crippen LogP contribution in [-0.2, 0) is 19.6 Å². The van der Waals surface area contributed by atoms with E-state index < -0.39 is 15.9 Å². The lowest BCUT2D eigenvalue weighted by molar-refractivity contribution is -0.122. The van der Waals surface area contributed by atoms with E-state index >= 15 is 0 Å². The van der Waals surface area contributed by atoms with Gasteiger partial charge < -0.3 is 19.9 Å². The van der Waals surface area contributed by atoms with Gasteiger partial charge in [0.2, 0.25) is 21.8 Å². The normalized spacial score (nSPS) is 18.3. The molecule has 1 unspecified atom stereocenters. The SMILES string of the molecule is COc1ccccc1N1CCN(S(=O)(=O)c2ccc(NC(=O)C3CC(=O)N(c4ccc(C)cc4)C3)cc2)CC1. The number of hydrogen-bond acceptors (Lipinski definition) is 6. The Morgan fingerprint density at radius 3 is 2.26 bits per heavy atom. The number of sulfonamides is 1. The lowest BCUT2D eigenvalue weighted by Gasteiger charge is -2.35. The first-order valence-electron chi connectivity index (χ1n) is 12.9. The van der Waals surface area contributed by atoms with Gasteiger partial charge in [-0.15, -0.1) is 0 Å². The fourth-order valence-electron chi connectivity index (χ4n) is 5.02. The molecule has 0 radical (unpaired) electrons. The highest BCUT2D eigenvalue weighted by Crippen LogP contribution is 2.30. The average molecular weight is 549 g/mol. The van der Waals surface area contributed by atoms with E-state index in [1.165, 1.54) is 16.4 Å². The van der Waals surface area contributed by atoms with Crippen LogP contribution in [0.4, 0.5) is 17.1 Å². The van der Waals surface area contributed by atoms with Crippen LogP contribution >= 0.6 is 0 Å². The quantitative estimate of drug-likeness (QED) is 0.485. The summed E-state index contributed by atoms with van der Waals surface area (Å²) in [6.45, 7) is 4.09. The molecule has 2 heterocycles. The van der Waals surface area contributed by atoms with Crippen molar-refractivity contribution in [1.82, 2.24) is 4.31 Å². The number of hydrogen-bond donors (Lipinski definition) is 1. The molecule has 2 aliphatic rings. The maximum Gasteiger partial charge on any atom is 0.243 e. The minimum atomic E-state index is -3.68. The number of carbonyl (C=O) groups excluding carboxylic acids is 2. The van der Waals surface area contributed by atoms with Gasteiger partial charge in [0.1, 0.15) is 5.75 Å². The number of methoxy groups -OCH3 is 1. The number of anilines is 3. The number of rotatable bonds is 7. The maximum atomic E-state index is 13.3. The molecule has 3 aromatic carbocycles. The Hall–Kier alpha value is -3.89. The van der Waals surface area contributed by atoms with Gasteiger partial charge in [0.25, 0.3) is 0 Å². The van der Waals surface area contributed by atoms with E-state index in [-0.39, 0.29) is 23.1 Å². The molecule has 39 heavy (non-hydrogen) atoms. The van der Waals surface area contributed by atoms with E-state index in [9.17, 15) is 18.0 Å². The molecule has 5 rings (SSSR count). The molecule has 0 aliphatic carbocycles. The van der Waals surface area contributed by atoms with Crippen LogP contribution in [0.5, 0.6) is 5.75 Å². The van der Waals surface area contributed by atoms with Crippen LogP contribution in [-0.4, -0.2) is 64.4 Å². The second-order valence-corrected chi connectivity index (χ2v) is 11.8. The molecule has 1 N–H and O–H groups in total. The first kappa shape index (κ1) is 26.7. The van der Waals surface area contributed by atoms with Crippen molar-refractivity contribution in [1.29, 1.82) is 0 Å². The smallest absolute Gasteiger partial charge is 0.243 e. The Labute approximate surface area is 229 Å². The molecule has 2 aliphatic heterocycles. The third kappa shape index (κ3) is 5.62. The summed E-state index contributed by atoms with van der Waals surface area (Å²) in [5.74, 6) is -0.0784. The first-order chi connectivity index (χ1) is 18.8. The van der Waals surface area contributed by atoms with Crippen molar-refractivity contribution in [2.75, 3.05) is 55.0 Å². The second-order valence-electron chi connectivity index (χ2n) is 9.82. The minimum absolute atomic E-state index is 0.0914. The predicted molar refractivity (Wildman–Crippen MR) is 151 cm³/mol. The summed E-state index contributed by atoms with van der Waals surface area (Å²) < 4.78 is 33.5. The predicted octanol–water partition coefficient (Wildman–Crippen LogP) is 3.51. The zero-order valence-electron chi connectivity index (χ0n) is 22.0. The number of carbonyl (C=O) groups is 2. The van der Waals surface area contributed by atoms with E-state index in [1.54, 1.807) is 24.1 Å². The average Bonchev–Trinajstić information content (AvgIpc) is 3.35. The third-order valence-corrected chi connectivity index (χ3v) is 9.18. The molecule has 1 atom stereocenters. The lowest BCUT2D eigenvalue weighted by atomic mass is 10.1. The lowest BCUT2D eigenvalue weighted by Crippen LogP contribution is -2.48. The van der Waals surface area contributed by atoms with Crippen LogP contribution in [0.25, 0.3) is 0 Å². The number of piperazine rings is 1. The first-order valence-corrected chi connectivity index (χ1v) is 14.4. The van der Waals surface area contributed by atoms with E-state index in [1.807, 2.05) is 55.5 Å². The second kappa shape index (κ2) is 11.1. The van der Waals surface area contributed by atoms with E-state index in [2.05, 4.69) is 10.2 Å². The summed E-state index contributed by atoms with van der Waals surface area (Å²) in [5, 5.41) is 2.83. The van der Waals surface area contributed by atoms with Gasteiger partial charge in [0.15, 0.2) is 0 Å². The van der Waals surface area contributed by atoms with Crippen LogP contribution in [0.2, 0.25) is 0 Å². The minimum Gasteiger partial charge on any atom is -0.495 e. The maximum absolute atomic E-state index is 13.3. The molecule has 0 aromatic heterocycles. The number of benzene rings is 3. The van der Waals surface area contributed by atoms with E-state index in [0.29, 0.717) is 38.4 Å². The molecule has 0 bridgehead atoms. The van der Waals surface area contributed by atoms with Crippen LogP contribution in [0, 0.1) is 12.8 Å².